The number of amides is 1. The third-order valence-electron chi connectivity index (χ3n) is 4.32. The highest BCUT2D eigenvalue weighted by Crippen LogP contribution is 2.27. The van der Waals surface area contributed by atoms with E-state index in [1.54, 1.807) is 30.3 Å². The van der Waals surface area contributed by atoms with Crippen molar-refractivity contribution in [1.29, 1.82) is 0 Å². The summed E-state index contributed by atoms with van der Waals surface area (Å²) in [6.07, 6.45) is 0. The van der Waals surface area contributed by atoms with Gasteiger partial charge >= 0.3 is 0 Å². The van der Waals surface area contributed by atoms with Gasteiger partial charge in [-0.15, -0.1) is 0 Å². The molecule has 0 aliphatic carbocycles. The van der Waals surface area contributed by atoms with Gasteiger partial charge in [0.2, 0.25) is 0 Å². The molecule has 0 saturated carbocycles. The van der Waals surface area contributed by atoms with Gasteiger partial charge in [-0.1, -0.05) is 48.5 Å². The summed E-state index contributed by atoms with van der Waals surface area (Å²) < 4.78 is 13.7. The smallest absolute Gasteiger partial charge is 0.267 e. The number of rotatable bonds is 3. The van der Waals surface area contributed by atoms with E-state index < -0.39 is 0 Å². The Morgan fingerprint density at radius 2 is 1.63 bits per heavy atom. The zero-order chi connectivity index (χ0) is 18.8. The lowest BCUT2D eigenvalue weighted by Crippen LogP contribution is -2.37. The van der Waals surface area contributed by atoms with E-state index in [2.05, 4.69) is 4.98 Å². The number of benzene rings is 3. The van der Waals surface area contributed by atoms with Crippen LogP contribution in [-0.4, -0.2) is 10.9 Å². The molecule has 0 spiro atoms. The molecule has 4 rings (SSSR count). The summed E-state index contributed by atoms with van der Waals surface area (Å²) in [5, 5.41) is 1.80. The number of hydrogen-bond acceptors (Lipinski definition) is 3. The molecule has 5 heteroatoms. The van der Waals surface area contributed by atoms with Gasteiger partial charge in [0.15, 0.2) is 0 Å². The number of hydrogen-bond donors (Lipinski definition) is 1. The minimum Gasteiger partial charge on any atom is -0.267 e. The van der Waals surface area contributed by atoms with Crippen LogP contribution in [0, 0.1) is 5.82 Å². The van der Waals surface area contributed by atoms with E-state index in [9.17, 15) is 9.18 Å². The normalized spacial score (nSPS) is 10.7. The van der Waals surface area contributed by atoms with Crippen LogP contribution >= 0.6 is 0 Å². The minimum atomic E-state index is -0.363. The molecule has 0 aliphatic rings. The predicted molar refractivity (Wildman–Crippen MR) is 105 cm³/mol. The van der Waals surface area contributed by atoms with Gasteiger partial charge in [-0.05, 0) is 36.4 Å². The number of carbonyl (C=O) groups excluding carboxylic acids is 1. The van der Waals surface area contributed by atoms with E-state index in [4.69, 9.17) is 5.84 Å². The molecule has 132 valence electrons. The Balaban J connectivity index is 1.87. The van der Waals surface area contributed by atoms with Gasteiger partial charge in [0.25, 0.3) is 5.91 Å². The minimum absolute atomic E-state index is 0.361. The Hall–Kier alpha value is -3.57. The van der Waals surface area contributed by atoms with Crippen molar-refractivity contribution in [2.75, 3.05) is 5.01 Å². The van der Waals surface area contributed by atoms with E-state index >= 15 is 0 Å². The topological polar surface area (TPSA) is 59.2 Å². The van der Waals surface area contributed by atoms with Crippen LogP contribution in [0.4, 0.5) is 10.1 Å². The highest BCUT2D eigenvalue weighted by molar-refractivity contribution is 6.13. The zero-order valence-corrected chi connectivity index (χ0v) is 14.3. The molecule has 1 amide bonds. The average Bonchev–Trinajstić information content (AvgIpc) is 2.72. The van der Waals surface area contributed by atoms with Crippen molar-refractivity contribution in [2.45, 2.75) is 0 Å². The van der Waals surface area contributed by atoms with E-state index in [1.165, 1.54) is 12.1 Å². The second kappa shape index (κ2) is 6.97. The van der Waals surface area contributed by atoms with E-state index in [-0.39, 0.29) is 11.7 Å². The Kier molecular flexibility index (Phi) is 4.36. The maximum atomic E-state index is 13.7. The summed E-state index contributed by atoms with van der Waals surface area (Å²) in [7, 11) is 0. The Morgan fingerprint density at radius 3 is 2.41 bits per heavy atom. The molecule has 0 bridgehead atoms. The summed E-state index contributed by atoms with van der Waals surface area (Å²) in [6.45, 7) is 0. The van der Waals surface area contributed by atoms with Crippen LogP contribution < -0.4 is 10.9 Å². The molecule has 4 aromatic rings. The fourth-order valence-corrected chi connectivity index (χ4v) is 2.98. The van der Waals surface area contributed by atoms with Crippen LogP contribution in [-0.2, 0) is 0 Å². The number of aromatic nitrogens is 1. The Labute approximate surface area is 155 Å². The quantitative estimate of drug-likeness (QED) is 0.332. The third-order valence-corrected chi connectivity index (χ3v) is 4.32. The van der Waals surface area contributed by atoms with Crippen LogP contribution in [0.3, 0.4) is 0 Å². The summed E-state index contributed by atoms with van der Waals surface area (Å²) in [5.41, 5.74) is 2.74. The lowest BCUT2D eigenvalue weighted by molar-refractivity contribution is 0.0988. The molecule has 0 saturated heterocycles. The van der Waals surface area contributed by atoms with Gasteiger partial charge < -0.3 is 0 Å². The number of hydrazine groups is 1. The van der Waals surface area contributed by atoms with Crippen LogP contribution in [0.5, 0.6) is 0 Å². The summed E-state index contributed by atoms with van der Waals surface area (Å²) >= 11 is 0. The summed E-state index contributed by atoms with van der Waals surface area (Å²) in [5.74, 6) is 5.35. The van der Waals surface area contributed by atoms with Crippen molar-refractivity contribution < 1.29 is 9.18 Å². The predicted octanol–water partition coefficient (Wildman–Crippen LogP) is 4.56. The summed E-state index contributed by atoms with van der Waals surface area (Å²) in [6, 6.07) is 24.1. The first-order valence-corrected chi connectivity index (χ1v) is 8.43. The van der Waals surface area contributed by atoms with Crippen molar-refractivity contribution in [3.8, 4) is 11.3 Å². The molecule has 3 aromatic carbocycles. The maximum Gasteiger partial charge on any atom is 0.273 e. The second-order valence-electron chi connectivity index (χ2n) is 6.09. The second-order valence-corrected chi connectivity index (χ2v) is 6.09. The molecular formula is C22H16FN3O. The molecule has 1 heterocycles. The molecule has 4 nitrogen and oxygen atoms in total. The highest BCUT2D eigenvalue weighted by Gasteiger charge is 2.19. The van der Waals surface area contributed by atoms with Crippen LogP contribution in [0.2, 0.25) is 0 Å². The van der Waals surface area contributed by atoms with Crippen LogP contribution in [0.15, 0.2) is 84.9 Å². The number of para-hydroxylation sites is 2. The molecule has 2 N–H and O–H groups in total. The van der Waals surface area contributed by atoms with Gasteiger partial charge in [0.1, 0.15) is 5.82 Å². The number of fused-ring (bicyclic) bond motifs is 1. The lowest BCUT2D eigenvalue weighted by atomic mass is 10.0. The van der Waals surface area contributed by atoms with E-state index in [0.29, 0.717) is 33.4 Å². The molecular weight excluding hydrogens is 341 g/mol. The Morgan fingerprint density at radius 1 is 0.889 bits per heavy atom. The first-order valence-electron chi connectivity index (χ1n) is 8.43. The van der Waals surface area contributed by atoms with Gasteiger partial charge in [0, 0.05) is 10.9 Å². The monoisotopic (exact) mass is 357 g/mol. The number of nitrogens with zero attached hydrogens (tertiary/aromatic N) is 2. The van der Waals surface area contributed by atoms with E-state index in [1.807, 2.05) is 42.5 Å². The van der Waals surface area contributed by atoms with Crippen molar-refractivity contribution in [3.05, 3.63) is 96.3 Å². The van der Waals surface area contributed by atoms with Crippen molar-refractivity contribution in [3.63, 3.8) is 0 Å². The first kappa shape index (κ1) is 16.9. The van der Waals surface area contributed by atoms with Crippen molar-refractivity contribution in [2.24, 2.45) is 5.84 Å². The molecule has 0 aliphatic heterocycles. The van der Waals surface area contributed by atoms with Gasteiger partial charge in [-0.25, -0.2) is 20.2 Å². The van der Waals surface area contributed by atoms with Gasteiger partial charge in [-0.2, -0.15) is 0 Å². The molecule has 0 unspecified atom stereocenters. The highest BCUT2D eigenvalue weighted by atomic mass is 19.1. The molecule has 0 fully saturated rings. The fourth-order valence-electron chi connectivity index (χ4n) is 2.98. The molecule has 1 aromatic heterocycles. The lowest BCUT2D eigenvalue weighted by Gasteiger charge is -2.18. The average molecular weight is 357 g/mol. The molecule has 27 heavy (non-hydrogen) atoms. The standard InChI is InChI=1S/C22H16FN3O/c23-16-8-6-7-15(13-16)21-14-19(18-11-4-5-12-20(18)25-21)22(27)26(24)17-9-2-1-3-10-17/h1-14H,24H2. The number of nitrogens with two attached hydrogens (primary N) is 1. The first-order chi connectivity index (χ1) is 13.1. The van der Waals surface area contributed by atoms with Crippen molar-refractivity contribution in [1.82, 2.24) is 4.98 Å². The van der Waals surface area contributed by atoms with Crippen LogP contribution in [0.25, 0.3) is 22.2 Å². The molecule has 0 radical (unpaired) electrons. The van der Waals surface area contributed by atoms with E-state index in [0.717, 1.165) is 5.01 Å². The maximum absolute atomic E-state index is 13.7. The Bertz CT molecular complexity index is 1130. The molecule has 0 atom stereocenters. The fraction of sp³-hybridized carbons (Fsp3) is 0. The van der Waals surface area contributed by atoms with Gasteiger partial charge in [0.05, 0.1) is 22.5 Å². The number of carbonyl (C=O) groups is 1. The number of anilines is 1. The largest absolute Gasteiger partial charge is 0.273 e. The van der Waals surface area contributed by atoms with Crippen LogP contribution in [0.1, 0.15) is 10.4 Å². The third kappa shape index (κ3) is 3.28. The SMILES string of the molecule is NN(C(=O)c1cc(-c2cccc(F)c2)nc2ccccc12)c1ccccc1. The number of pyridine rings is 1. The van der Waals surface area contributed by atoms with Crippen molar-refractivity contribution >= 4 is 22.5 Å². The zero-order valence-electron chi connectivity index (χ0n) is 14.3. The van der Waals surface area contributed by atoms with Gasteiger partial charge in [-0.3, -0.25) is 4.79 Å². The summed E-state index contributed by atoms with van der Waals surface area (Å²) in [4.78, 5) is 17.7. The number of halogens is 1.